The first-order chi connectivity index (χ1) is 10.6. The predicted molar refractivity (Wildman–Crippen MR) is 89.2 cm³/mol. The molecule has 2 aromatic rings. The molecule has 4 heteroatoms. The molecule has 1 aliphatic rings. The van der Waals surface area contributed by atoms with Crippen LogP contribution in [0.25, 0.3) is 0 Å². The minimum absolute atomic E-state index is 0.500. The van der Waals surface area contributed by atoms with Crippen molar-refractivity contribution in [1.29, 1.82) is 0 Å². The fourth-order valence-electron chi connectivity index (χ4n) is 3.82. The Labute approximate surface area is 133 Å². The van der Waals surface area contributed by atoms with Crippen LogP contribution in [0.15, 0.2) is 25.0 Å². The molecule has 22 heavy (non-hydrogen) atoms. The Kier molecular flexibility index (Phi) is 4.37. The maximum absolute atomic E-state index is 4.43. The van der Waals surface area contributed by atoms with Gasteiger partial charge in [0.05, 0.1) is 24.7 Å². The topological polar surface area (TPSA) is 35.6 Å². The van der Waals surface area contributed by atoms with Gasteiger partial charge < -0.3 is 9.13 Å². The molecule has 0 N–H and O–H groups in total. The summed E-state index contributed by atoms with van der Waals surface area (Å²) in [6.45, 7) is 9.01. The molecule has 4 nitrogen and oxygen atoms in total. The molecular formula is C18H28N4. The van der Waals surface area contributed by atoms with Gasteiger partial charge in [0, 0.05) is 23.8 Å². The van der Waals surface area contributed by atoms with Crippen molar-refractivity contribution >= 4 is 0 Å². The van der Waals surface area contributed by atoms with Gasteiger partial charge in [-0.25, -0.2) is 9.97 Å². The third-order valence-electron chi connectivity index (χ3n) is 4.98. The fourth-order valence-corrected chi connectivity index (χ4v) is 3.82. The number of aromatic nitrogens is 4. The Balaban J connectivity index is 1.98. The van der Waals surface area contributed by atoms with Crippen LogP contribution in [0.2, 0.25) is 0 Å². The van der Waals surface area contributed by atoms with E-state index in [-0.39, 0.29) is 0 Å². The van der Waals surface area contributed by atoms with E-state index >= 15 is 0 Å². The van der Waals surface area contributed by atoms with Crippen molar-refractivity contribution < 1.29 is 0 Å². The smallest absolute Gasteiger partial charge is 0.0951 e. The normalized spacial score (nSPS) is 22.6. The minimum atomic E-state index is 0.500. The highest BCUT2D eigenvalue weighted by Crippen LogP contribution is 2.40. The van der Waals surface area contributed by atoms with Crippen molar-refractivity contribution in [3.05, 3.63) is 36.4 Å². The van der Waals surface area contributed by atoms with Gasteiger partial charge in [0.25, 0.3) is 0 Å². The molecule has 1 aliphatic carbocycles. The molecule has 0 unspecified atom stereocenters. The van der Waals surface area contributed by atoms with Crippen LogP contribution in [0.5, 0.6) is 0 Å². The number of hydrogen-bond donors (Lipinski definition) is 0. The maximum Gasteiger partial charge on any atom is 0.0951 e. The molecule has 0 spiro atoms. The van der Waals surface area contributed by atoms with E-state index in [1.54, 1.807) is 0 Å². The van der Waals surface area contributed by atoms with E-state index in [2.05, 4.69) is 46.8 Å². The highest BCUT2D eigenvalue weighted by Gasteiger charge is 2.30. The number of nitrogens with zero attached hydrogens (tertiary/aromatic N) is 4. The first-order valence-corrected chi connectivity index (χ1v) is 8.63. The lowest BCUT2D eigenvalue weighted by Gasteiger charge is -2.36. The van der Waals surface area contributed by atoms with Crippen molar-refractivity contribution in [2.45, 2.75) is 77.3 Å². The average Bonchev–Trinajstić information content (AvgIpc) is 3.16. The Morgan fingerprint density at radius 2 is 1.23 bits per heavy atom. The Morgan fingerprint density at radius 3 is 1.59 bits per heavy atom. The molecule has 0 bridgehead atoms. The molecule has 0 aromatic carbocycles. The van der Waals surface area contributed by atoms with Gasteiger partial charge in [0.15, 0.2) is 0 Å². The summed E-state index contributed by atoms with van der Waals surface area (Å²) in [7, 11) is 0. The van der Waals surface area contributed by atoms with Crippen molar-refractivity contribution in [3.8, 4) is 0 Å². The molecule has 0 aliphatic heterocycles. The van der Waals surface area contributed by atoms with Gasteiger partial charge in [0.1, 0.15) is 0 Å². The zero-order valence-corrected chi connectivity index (χ0v) is 14.2. The van der Waals surface area contributed by atoms with Crippen LogP contribution in [0, 0.1) is 0 Å². The largest absolute Gasteiger partial charge is 0.329 e. The molecule has 2 atom stereocenters. The lowest BCUT2D eigenvalue weighted by atomic mass is 9.89. The highest BCUT2D eigenvalue weighted by atomic mass is 15.2. The highest BCUT2D eigenvalue weighted by molar-refractivity contribution is 5.10. The second-order valence-electron chi connectivity index (χ2n) is 7.18. The maximum atomic E-state index is 4.43. The van der Waals surface area contributed by atoms with Crippen LogP contribution in [0.3, 0.4) is 0 Å². The van der Waals surface area contributed by atoms with Crippen molar-refractivity contribution in [2.75, 3.05) is 0 Å². The SMILES string of the molecule is CC(C)c1cncn1[C@@H]1CCCC[C@H]1n1cncc1C(C)C. The van der Waals surface area contributed by atoms with Gasteiger partial charge in [-0.2, -0.15) is 0 Å². The molecule has 0 saturated heterocycles. The first-order valence-electron chi connectivity index (χ1n) is 8.63. The first kappa shape index (κ1) is 15.3. The molecule has 1 saturated carbocycles. The monoisotopic (exact) mass is 300 g/mol. The van der Waals surface area contributed by atoms with Crippen LogP contribution in [-0.2, 0) is 0 Å². The van der Waals surface area contributed by atoms with Crippen LogP contribution in [-0.4, -0.2) is 19.1 Å². The summed E-state index contributed by atoms with van der Waals surface area (Å²) in [6, 6.07) is 1.00. The van der Waals surface area contributed by atoms with E-state index in [4.69, 9.17) is 0 Å². The summed E-state index contributed by atoms with van der Waals surface area (Å²) < 4.78 is 4.86. The fraction of sp³-hybridized carbons (Fsp3) is 0.667. The van der Waals surface area contributed by atoms with E-state index in [0.717, 1.165) is 0 Å². The standard InChI is InChI=1S/C18H28N4/c1-13(2)17-9-19-11-21(17)15-7-5-6-8-16(15)22-12-20-10-18(22)14(3)4/h9-16H,5-8H2,1-4H3/t15-,16-/m1/s1. The number of hydrogen-bond acceptors (Lipinski definition) is 2. The number of rotatable bonds is 4. The van der Waals surface area contributed by atoms with Gasteiger partial charge in [-0.15, -0.1) is 0 Å². The predicted octanol–water partition coefficient (Wildman–Crippen LogP) is 4.68. The zero-order chi connectivity index (χ0) is 15.7. The van der Waals surface area contributed by atoms with Gasteiger partial charge in [-0.1, -0.05) is 40.5 Å². The van der Waals surface area contributed by atoms with Crippen LogP contribution >= 0.6 is 0 Å². The van der Waals surface area contributed by atoms with Gasteiger partial charge in [-0.05, 0) is 24.7 Å². The lowest BCUT2D eigenvalue weighted by molar-refractivity contribution is 0.230. The van der Waals surface area contributed by atoms with Crippen LogP contribution < -0.4 is 0 Å². The molecule has 0 amide bonds. The molecule has 1 fully saturated rings. The third-order valence-corrected chi connectivity index (χ3v) is 4.98. The zero-order valence-electron chi connectivity index (χ0n) is 14.2. The Bertz CT molecular complexity index is 554. The van der Waals surface area contributed by atoms with E-state index in [0.29, 0.717) is 23.9 Å². The summed E-state index contributed by atoms with van der Waals surface area (Å²) in [5, 5.41) is 0. The van der Waals surface area contributed by atoms with Crippen molar-refractivity contribution in [2.24, 2.45) is 0 Å². The van der Waals surface area contributed by atoms with Crippen molar-refractivity contribution in [3.63, 3.8) is 0 Å². The van der Waals surface area contributed by atoms with Crippen LogP contribution in [0.4, 0.5) is 0 Å². The summed E-state index contributed by atoms with van der Waals surface area (Å²) in [5.74, 6) is 1.02. The second-order valence-corrected chi connectivity index (χ2v) is 7.18. The van der Waals surface area contributed by atoms with E-state index in [9.17, 15) is 0 Å². The third kappa shape index (κ3) is 2.71. The molecular weight excluding hydrogens is 272 g/mol. The second kappa shape index (κ2) is 6.27. The average molecular weight is 300 g/mol. The molecule has 120 valence electrons. The van der Waals surface area contributed by atoms with Crippen molar-refractivity contribution in [1.82, 2.24) is 19.1 Å². The quantitative estimate of drug-likeness (QED) is 0.821. The molecule has 3 rings (SSSR count). The van der Waals surface area contributed by atoms with Gasteiger partial charge in [-0.3, -0.25) is 0 Å². The van der Waals surface area contributed by atoms with E-state index in [1.807, 2.05) is 25.0 Å². The van der Waals surface area contributed by atoms with E-state index < -0.39 is 0 Å². The Hall–Kier alpha value is -1.58. The minimum Gasteiger partial charge on any atom is -0.329 e. The number of imidazole rings is 2. The molecule has 2 heterocycles. The molecule has 2 aromatic heterocycles. The summed E-state index contributed by atoms with van der Waals surface area (Å²) >= 11 is 0. The van der Waals surface area contributed by atoms with Gasteiger partial charge in [0.2, 0.25) is 0 Å². The molecule has 0 radical (unpaired) electrons. The lowest BCUT2D eigenvalue weighted by Crippen LogP contribution is -2.28. The van der Waals surface area contributed by atoms with E-state index in [1.165, 1.54) is 37.1 Å². The Morgan fingerprint density at radius 1 is 0.818 bits per heavy atom. The summed E-state index contributed by atoms with van der Waals surface area (Å²) in [4.78, 5) is 8.86. The van der Waals surface area contributed by atoms with Crippen LogP contribution in [0.1, 0.15) is 88.7 Å². The van der Waals surface area contributed by atoms with Gasteiger partial charge >= 0.3 is 0 Å². The summed E-state index contributed by atoms with van der Waals surface area (Å²) in [6.07, 6.45) is 13.2. The summed E-state index contributed by atoms with van der Waals surface area (Å²) in [5.41, 5.74) is 2.70.